The molecule has 0 radical (unpaired) electrons. The Hall–Kier alpha value is 3.22. The molecule has 0 aromatic carbocycles. The minimum Gasteiger partial charge on any atom is -0.790 e. The average Bonchev–Trinajstić information content (AvgIpc) is 2.27. The molecule has 0 aromatic heterocycles. The summed E-state index contributed by atoms with van der Waals surface area (Å²) in [5.41, 5.74) is 0. The molecule has 1 N–H and O–H groups in total. The Balaban J connectivity index is -0.000000184. The largest absolute Gasteiger partial charge is 1.00 e. The number of hydrogen-bond acceptors (Lipinski definition) is 8. The molecule has 1 atom stereocenters. The van der Waals surface area contributed by atoms with Crippen LogP contribution in [0.3, 0.4) is 0 Å². The Bertz CT molecular complexity index is 303. The van der Waals surface area contributed by atoms with Gasteiger partial charge in [0.05, 0.1) is 14.4 Å². The van der Waals surface area contributed by atoms with E-state index in [1.165, 1.54) is 0 Å². The summed E-state index contributed by atoms with van der Waals surface area (Å²) >= 11 is 0. The molecular weight excluding hydrogens is 367 g/mol. The molecule has 0 bridgehead atoms. The van der Waals surface area contributed by atoms with Gasteiger partial charge in [-0.05, 0) is 6.42 Å². The maximum Gasteiger partial charge on any atom is 1.00 e. The number of aliphatic hydroxyl groups is 1. The van der Waals surface area contributed by atoms with Gasteiger partial charge in [0.15, 0.2) is 0 Å². The van der Waals surface area contributed by atoms with E-state index in [4.69, 9.17) is 5.11 Å². The summed E-state index contributed by atoms with van der Waals surface area (Å²) in [4.78, 5) is 30.9. The van der Waals surface area contributed by atoms with Crippen LogP contribution in [0.4, 0.5) is 0 Å². The third-order valence-electron chi connectivity index (χ3n) is 1.95. The standard InChI is InChI=1S/C8H20O7P2.CH4O.3Na/c1-2-3-4-5-6-7-8-14-17(12,13)15-16(9,10)11;1-2;;;/h2-8H2,1H3,(H,12,13)(H2,9,10,11);2H,1H3;;;/q;;3*+1/p-3. The van der Waals surface area contributed by atoms with Crippen molar-refractivity contribution < 1.29 is 126 Å². The molecule has 118 valence electrons. The zero-order valence-corrected chi connectivity index (χ0v) is 21.9. The number of phosphoric acid groups is 2. The zero-order valence-electron chi connectivity index (χ0n) is 14.1. The quantitative estimate of drug-likeness (QED) is 0.221. The minimum absolute atomic E-state index is 0. The first kappa shape index (κ1) is 36.2. The van der Waals surface area contributed by atoms with Gasteiger partial charge in [0.2, 0.25) is 0 Å². The Morgan fingerprint density at radius 3 is 1.68 bits per heavy atom. The van der Waals surface area contributed by atoms with Gasteiger partial charge in [0.1, 0.15) is 0 Å². The first-order valence-corrected chi connectivity index (χ1v) is 8.82. The molecule has 0 amide bonds. The van der Waals surface area contributed by atoms with Gasteiger partial charge in [-0.25, -0.2) is 0 Å². The Morgan fingerprint density at radius 2 is 1.27 bits per heavy atom. The van der Waals surface area contributed by atoms with Gasteiger partial charge in [0, 0.05) is 7.11 Å². The fourth-order valence-corrected chi connectivity index (χ4v) is 2.73. The van der Waals surface area contributed by atoms with E-state index >= 15 is 0 Å². The second-order valence-electron chi connectivity index (χ2n) is 3.58. The predicted molar refractivity (Wildman–Crippen MR) is 63.8 cm³/mol. The topological polar surface area (TPSA) is 142 Å². The zero-order chi connectivity index (χ0) is 15.4. The summed E-state index contributed by atoms with van der Waals surface area (Å²) in [7, 11) is -9.57. The molecule has 0 aromatic rings. The van der Waals surface area contributed by atoms with Crippen LogP contribution >= 0.6 is 15.6 Å². The van der Waals surface area contributed by atoms with Crippen LogP contribution in [0.25, 0.3) is 0 Å². The van der Waals surface area contributed by atoms with Crippen molar-refractivity contribution in [2.75, 3.05) is 13.7 Å². The molecule has 0 spiro atoms. The SMILES string of the molecule is CCCCCCCCOP(=O)([O-])OP(=O)([O-])[O-].CO.[Na+].[Na+].[Na+]. The fourth-order valence-electron chi connectivity index (χ4n) is 1.20. The van der Waals surface area contributed by atoms with E-state index in [0.29, 0.717) is 6.42 Å². The monoisotopic (exact) mass is 388 g/mol. The van der Waals surface area contributed by atoms with Crippen molar-refractivity contribution in [3.8, 4) is 0 Å². The summed E-state index contributed by atoms with van der Waals surface area (Å²) in [6.07, 6.45) is 5.52. The van der Waals surface area contributed by atoms with Crippen molar-refractivity contribution >= 4 is 15.6 Å². The van der Waals surface area contributed by atoms with E-state index in [0.717, 1.165) is 39.2 Å². The van der Waals surface area contributed by atoms with Crippen LogP contribution in [0.15, 0.2) is 0 Å². The van der Waals surface area contributed by atoms with Crippen LogP contribution in [0.5, 0.6) is 0 Å². The van der Waals surface area contributed by atoms with Gasteiger partial charge in [-0.15, -0.1) is 0 Å². The number of hydrogen-bond donors (Lipinski definition) is 1. The van der Waals surface area contributed by atoms with Crippen LogP contribution in [-0.4, -0.2) is 18.8 Å². The summed E-state index contributed by atoms with van der Waals surface area (Å²) in [6.45, 7) is 1.91. The van der Waals surface area contributed by atoms with Gasteiger partial charge >= 0.3 is 88.7 Å². The van der Waals surface area contributed by atoms with E-state index in [2.05, 4.69) is 15.8 Å². The van der Waals surface area contributed by atoms with Gasteiger partial charge in [-0.2, -0.15) is 0 Å². The van der Waals surface area contributed by atoms with Crippen molar-refractivity contribution in [2.24, 2.45) is 0 Å². The maximum absolute atomic E-state index is 10.8. The van der Waals surface area contributed by atoms with Crippen molar-refractivity contribution in [1.29, 1.82) is 0 Å². The van der Waals surface area contributed by atoms with Gasteiger partial charge in [0.25, 0.3) is 7.82 Å². The third-order valence-corrected chi connectivity index (χ3v) is 4.05. The van der Waals surface area contributed by atoms with Gasteiger partial charge < -0.3 is 28.9 Å². The van der Waals surface area contributed by atoms with Crippen LogP contribution in [0.1, 0.15) is 45.4 Å². The Morgan fingerprint density at radius 1 is 0.864 bits per heavy atom. The van der Waals surface area contributed by atoms with Gasteiger partial charge in [-0.1, -0.05) is 39.0 Å². The minimum atomic E-state index is -5.56. The molecule has 8 nitrogen and oxygen atoms in total. The van der Waals surface area contributed by atoms with E-state index < -0.39 is 15.6 Å². The molecule has 0 aliphatic heterocycles. The van der Waals surface area contributed by atoms with E-state index in [1.807, 2.05) is 0 Å². The van der Waals surface area contributed by atoms with Gasteiger partial charge in [-0.3, -0.25) is 8.88 Å². The molecule has 0 heterocycles. The van der Waals surface area contributed by atoms with Crippen LogP contribution in [0, 0.1) is 0 Å². The van der Waals surface area contributed by atoms with Crippen molar-refractivity contribution in [3.63, 3.8) is 0 Å². The molecule has 0 rings (SSSR count). The smallest absolute Gasteiger partial charge is 0.790 e. The van der Waals surface area contributed by atoms with Crippen molar-refractivity contribution in [1.82, 2.24) is 0 Å². The van der Waals surface area contributed by atoms with E-state index in [1.54, 1.807) is 0 Å². The third kappa shape index (κ3) is 31.0. The molecular formula is C9H21Na3O8P2. The maximum atomic E-state index is 10.8. The molecule has 22 heavy (non-hydrogen) atoms. The molecule has 0 aliphatic carbocycles. The number of phosphoric ester groups is 1. The average molecular weight is 388 g/mol. The van der Waals surface area contributed by atoms with Crippen molar-refractivity contribution in [3.05, 3.63) is 0 Å². The van der Waals surface area contributed by atoms with Crippen LogP contribution in [0.2, 0.25) is 0 Å². The molecule has 0 saturated heterocycles. The number of unbranched alkanes of at least 4 members (excludes halogenated alkanes) is 5. The van der Waals surface area contributed by atoms with E-state index in [9.17, 15) is 23.8 Å². The predicted octanol–water partition coefficient (Wildman–Crippen LogP) is -8.70. The first-order chi connectivity index (χ1) is 8.77. The second-order valence-corrected chi connectivity index (χ2v) is 6.28. The fraction of sp³-hybridized carbons (Fsp3) is 1.00. The second kappa shape index (κ2) is 22.3. The molecule has 13 heteroatoms. The number of aliphatic hydroxyl groups excluding tert-OH is 1. The Labute approximate surface area is 198 Å². The van der Waals surface area contributed by atoms with E-state index in [-0.39, 0.29) is 95.3 Å². The molecule has 1 unspecified atom stereocenters. The molecule has 0 aliphatic rings. The summed E-state index contributed by atoms with van der Waals surface area (Å²) in [6, 6.07) is 0. The number of rotatable bonds is 10. The molecule has 0 fully saturated rings. The first-order valence-electron chi connectivity index (χ1n) is 5.90. The normalized spacial score (nSPS) is 12.5. The van der Waals surface area contributed by atoms with Crippen LogP contribution < -0.4 is 103 Å². The van der Waals surface area contributed by atoms with Crippen LogP contribution in [-0.2, 0) is 18.0 Å². The van der Waals surface area contributed by atoms with Crippen molar-refractivity contribution in [2.45, 2.75) is 45.4 Å². The summed E-state index contributed by atoms with van der Waals surface area (Å²) in [5, 5.41) is 7.00. The summed E-state index contributed by atoms with van der Waals surface area (Å²) < 4.78 is 28.4. The molecule has 0 saturated carbocycles. The summed E-state index contributed by atoms with van der Waals surface area (Å²) in [5.74, 6) is 0. The Kier molecular flexibility index (Phi) is 36.6.